The number of halogens is 2. The molecule has 3 rings (SSSR count). The molecule has 2 aromatic carbocycles. The van der Waals surface area contributed by atoms with Crippen molar-refractivity contribution in [1.82, 2.24) is 4.90 Å². The molecule has 162 valence electrons. The average Bonchev–Trinajstić information content (AvgIpc) is 2.98. The van der Waals surface area contributed by atoms with E-state index in [0.29, 0.717) is 23.0 Å². The summed E-state index contributed by atoms with van der Waals surface area (Å²) in [5.41, 5.74) is 0.994. The van der Waals surface area contributed by atoms with Crippen LogP contribution in [0.15, 0.2) is 53.4 Å². The number of imide groups is 1. The normalized spacial score (nSPS) is 15.0. The largest absolute Gasteiger partial charge is 0.490 e. The SMILES string of the molecule is CCOc1cc(/C=C2\SC(=O)N(CC(=O)Nc3ccccc3)C2=O)ccc1OC(F)F. The number of anilines is 1. The van der Waals surface area contributed by atoms with Crippen LogP contribution < -0.4 is 14.8 Å². The Morgan fingerprint density at radius 1 is 1.16 bits per heavy atom. The van der Waals surface area contributed by atoms with Gasteiger partial charge in [0.05, 0.1) is 11.5 Å². The zero-order chi connectivity index (χ0) is 22.4. The van der Waals surface area contributed by atoms with Crippen LogP contribution in [0.4, 0.5) is 19.3 Å². The van der Waals surface area contributed by atoms with Crippen LogP contribution in [0.3, 0.4) is 0 Å². The van der Waals surface area contributed by atoms with E-state index in [1.54, 1.807) is 37.3 Å². The van der Waals surface area contributed by atoms with Gasteiger partial charge in [-0.3, -0.25) is 19.3 Å². The number of benzene rings is 2. The van der Waals surface area contributed by atoms with Gasteiger partial charge in [0, 0.05) is 5.69 Å². The number of rotatable bonds is 8. The molecule has 10 heteroatoms. The maximum absolute atomic E-state index is 12.6. The van der Waals surface area contributed by atoms with Gasteiger partial charge in [-0.05, 0) is 54.6 Å². The molecule has 1 aliphatic rings. The van der Waals surface area contributed by atoms with Crippen LogP contribution in [0.1, 0.15) is 12.5 Å². The number of thioether (sulfide) groups is 1. The lowest BCUT2D eigenvalue weighted by molar-refractivity contribution is -0.127. The molecule has 0 bridgehead atoms. The maximum atomic E-state index is 12.6. The van der Waals surface area contributed by atoms with Crippen LogP contribution >= 0.6 is 11.8 Å². The predicted octanol–water partition coefficient (Wildman–Crippen LogP) is 4.36. The fourth-order valence-corrected chi connectivity index (χ4v) is 3.57. The van der Waals surface area contributed by atoms with Crippen molar-refractivity contribution in [2.24, 2.45) is 0 Å². The summed E-state index contributed by atoms with van der Waals surface area (Å²) in [5.74, 6) is -1.19. The van der Waals surface area contributed by atoms with Gasteiger partial charge in [-0.2, -0.15) is 8.78 Å². The second-order valence-corrected chi connectivity index (χ2v) is 7.19. The number of ether oxygens (including phenoxy) is 2. The lowest BCUT2D eigenvalue weighted by Crippen LogP contribution is -2.36. The van der Waals surface area contributed by atoms with Crippen molar-refractivity contribution in [3.05, 3.63) is 59.0 Å². The summed E-state index contributed by atoms with van der Waals surface area (Å²) in [6.07, 6.45) is 1.43. The van der Waals surface area contributed by atoms with Gasteiger partial charge in [0.1, 0.15) is 6.54 Å². The summed E-state index contributed by atoms with van der Waals surface area (Å²) >= 11 is 0.685. The summed E-state index contributed by atoms with van der Waals surface area (Å²) in [5, 5.41) is 2.03. The summed E-state index contributed by atoms with van der Waals surface area (Å²) in [6, 6.07) is 12.8. The van der Waals surface area contributed by atoms with Crippen LogP contribution in [0.5, 0.6) is 11.5 Å². The van der Waals surface area contributed by atoms with Crippen molar-refractivity contribution in [2.45, 2.75) is 13.5 Å². The summed E-state index contributed by atoms with van der Waals surface area (Å²) in [7, 11) is 0. The van der Waals surface area contributed by atoms with Crippen molar-refractivity contribution in [3.63, 3.8) is 0 Å². The highest BCUT2D eigenvalue weighted by atomic mass is 32.2. The number of nitrogens with zero attached hydrogens (tertiary/aromatic N) is 1. The lowest BCUT2D eigenvalue weighted by Gasteiger charge is -2.12. The average molecular weight is 448 g/mol. The van der Waals surface area contributed by atoms with E-state index < -0.39 is 30.2 Å². The van der Waals surface area contributed by atoms with Crippen molar-refractivity contribution >= 4 is 40.6 Å². The number of alkyl halides is 2. The highest BCUT2D eigenvalue weighted by Crippen LogP contribution is 2.35. The molecule has 1 N–H and O–H groups in total. The highest BCUT2D eigenvalue weighted by molar-refractivity contribution is 8.18. The van der Waals surface area contributed by atoms with Gasteiger partial charge in [0.15, 0.2) is 11.5 Å². The molecular formula is C21H18F2N2O5S. The molecule has 1 aliphatic heterocycles. The summed E-state index contributed by atoms with van der Waals surface area (Å²) in [6.45, 7) is -1.54. The third kappa shape index (κ3) is 5.82. The molecule has 1 heterocycles. The van der Waals surface area contributed by atoms with E-state index in [1.807, 2.05) is 0 Å². The molecule has 2 aromatic rings. The topological polar surface area (TPSA) is 84.9 Å². The first-order chi connectivity index (χ1) is 14.9. The third-order valence-electron chi connectivity index (χ3n) is 4.01. The Morgan fingerprint density at radius 2 is 1.90 bits per heavy atom. The molecule has 0 aliphatic carbocycles. The molecule has 7 nitrogen and oxygen atoms in total. The van der Waals surface area contributed by atoms with Crippen molar-refractivity contribution < 1.29 is 32.6 Å². The zero-order valence-corrected chi connectivity index (χ0v) is 17.2. The van der Waals surface area contributed by atoms with Gasteiger partial charge >= 0.3 is 6.61 Å². The van der Waals surface area contributed by atoms with E-state index in [2.05, 4.69) is 10.1 Å². The van der Waals surface area contributed by atoms with Crippen LogP contribution in [0.2, 0.25) is 0 Å². The molecule has 0 radical (unpaired) electrons. The number of amides is 3. The molecule has 31 heavy (non-hydrogen) atoms. The number of hydrogen-bond acceptors (Lipinski definition) is 6. The van der Waals surface area contributed by atoms with E-state index >= 15 is 0 Å². The molecule has 0 atom stereocenters. The standard InChI is InChI=1S/C21H18F2N2O5S/c1-2-29-16-10-13(8-9-15(16)30-20(22)23)11-17-19(27)25(21(28)31-17)12-18(26)24-14-6-4-3-5-7-14/h3-11,20H,2,12H2,1H3,(H,24,26)/b17-11-. The van der Waals surface area contributed by atoms with Crippen molar-refractivity contribution in [3.8, 4) is 11.5 Å². The first-order valence-corrected chi connectivity index (χ1v) is 10.0. The molecule has 0 spiro atoms. The number of carbonyl (C=O) groups excluding carboxylic acids is 3. The lowest BCUT2D eigenvalue weighted by atomic mass is 10.2. The van der Waals surface area contributed by atoms with Crippen molar-refractivity contribution in [2.75, 3.05) is 18.5 Å². The second kappa shape index (κ2) is 10.1. The Balaban J connectivity index is 1.73. The molecular weight excluding hydrogens is 430 g/mol. The van der Waals surface area contributed by atoms with Gasteiger partial charge < -0.3 is 14.8 Å². The first kappa shape index (κ1) is 22.3. The van der Waals surface area contributed by atoms with E-state index in [4.69, 9.17) is 4.74 Å². The van der Waals surface area contributed by atoms with Gasteiger partial charge in [0.25, 0.3) is 11.1 Å². The fraction of sp³-hybridized carbons (Fsp3) is 0.190. The Morgan fingerprint density at radius 3 is 2.58 bits per heavy atom. The van der Waals surface area contributed by atoms with E-state index in [9.17, 15) is 23.2 Å². The quantitative estimate of drug-likeness (QED) is 0.604. The van der Waals surface area contributed by atoms with Crippen LogP contribution in [0, 0.1) is 0 Å². The third-order valence-corrected chi connectivity index (χ3v) is 4.92. The van der Waals surface area contributed by atoms with E-state index in [-0.39, 0.29) is 23.0 Å². The van der Waals surface area contributed by atoms with Crippen LogP contribution in [-0.4, -0.2) is 41.7 Å². The summed E-state index contributed by atoms with van der Waals surface area (Å²) in [4.78, 5) is 38.0. The minimum atomic E-state index is -3.01. The monoisotopic (exact) mass is 448 g/mol. The van der Waals surface area contributed by atoms with E-state index in [1.165, 1.54) is 24.3 Å². The van der Waals surface area contributed by atoms with Gasteiger partial charge in [-0.25, -0.2) is 0 Å². The van der Waals surface area contributed by atoms with Crippen LogP contribution in [-0.2, 0) is 9.59 Å². The number of hydrogen-bond donors (Lipinski definition) is 1. The smallest absolute Gasteiger partial charge is 0.387 e. The minimum Gasteiger partial charge on any atom is -0.490 e. The molecule has 1 saturated heterocycles. The van der Waals surface area contributed by atoms with Gasteiger partial charge in [-0.1, -0.05) is 24.3 Å². The van der Waals surface area contributed by atoms with E-state index in [0.717, 1.165) is 4.90 Å². The van der Waals surface area contributed by atoms with Gasteiger partial charge in [0.2, 0.25) is 5.91 Å². The van der Waals surface area contributed by atoms with Crippen LogP contribution in [0.25, 0.3) is 6.08 Å². The second-order valence-electron chi connectivity index (χ2n) is 6.20. The highest BCUT2D eigenvalue weighted by Gasteiger charge is 2.36. The number of nitrogens with one attached hydrogen (secondary N) is 1. The molecule has 1 fully saturated rings. The Bertz CT molecular complexity index is 1010. The first-order valence-electron chi connectivity index (χ1n) is 9.19. The Hall–Kier alpha value is -3.40. The fourth-order valence-electron chi connectivity index (χ4n) is 2.73. The number of para-hydroxylation sites is 1. The minimum absolute atomic E-state index is 0.0815. The molecule has 0 saturated carbocycles. The zero-order valence-electron chi connectivity index (χ0n) is 16.3. The van der Waals surface area contributed by atoms with Crippen molar-refractivity contribution in [1.29, 1.82) is 0 Å². The van der Waals surface area contributed by atoms with Gasteiger partial charge in [-0.15, -0.1) is 0 Å². The molecule has 0 aromatic heterocycles. The summed E-state index contributed by atoms with van der Waals surface area (Å²) < 4.78 is 34.8. The molecule has 3 amide bonds. The predicted molar refractivity (Wildman–Crippen MR) is 112 cm³/mol. The Kier molecular flexibility index (Phi) is 7.24. The Labute approximate surface area is 181 Å². The maximum Gasteiger partial charge on any atom is 0.387 e. The number of carbonyl (C=O) groups is 3. The molecule has 0 unspecified atom stereocenters.